The maximum atomic E-state index is 12.2. The molecule has 0 aromatic heterocycles. The standard InChI is InChI=1S/C16H23N3O2/c1-11-5-3-4-6-14(11)13-7-12(2)19(10-13)16(21)9-18-15(20)8-17/h3-6,12-13H,7-10,17H2,1-2H3,(H,18,20). The fourth-order valence-corrected chi connectivity index (χ4v) is 3.00. The van der Waals surface area contributed by atoms with Crippen molar-refractivity contribution in [3.63, 3.8) is 0 Å². The molecule has 1 fully saturated rings. The van der Waals surface area contributed by atoms with Crippen molar-refractivity contribution in [2.24, 2.45) is 5.73 Å². The van der Waals surface area contributed by atoms with Gasteiger partial charge in [-0.2, -0.15) is 0 Å². The van der Waals surface area contributed by atoms with Crippen LogP contribution in [0.4, 0.5) is 0 Å². The first-order chi connectivity index (χ1) is 10.0. The van der Waals surface area contributed by atoms with Gasteiger partial charge < -0.3 is 16.0 Å². The van der Waals surface area contributed by atoms with Crippen LogP contribution in [0.2, 0.25) is 0 Å². The van der Waals surface area contributed by atoms with Gasteiger partial charge in [0.05, 0.1) is 13.1 Å². The van der Waals surface area contributed by atoms with E-state index in [4.69, 9.17) is 5.73 Å². The maximum Gasteiger partial charge on any atom is 0.242 e. The number of hydrogen-bond donors (Lipinski definition) is 2. The highest BCUT2D eigenvalue weighted by atomic mass is 16.2. The Labute approximate surface area is 125 Å². The minimum atomic E-state index is -0.300. The smallest absolute Gasteiger partial charge is 0.242 e. The molecule has 1 aromatic rings. The minimum Gasteiger partial charge on any atom is -0.346 e. The lowest BCUT2D eigenvalue weighted by Crippen LogP contribution is -2.43. The minimum absolute atomic E-state index is 0.0286. The fraction of sp³-hybridized carbons (Fsp3) is 0.500. The molecule has 0 radical (unpaired) electrons. The number of hydrogen-bond acceptors (Lipinski definition) is 3. The summed E-state index contributed by atoms with van der Waals surface area (Å²) in [7, 11) is 0. The summed E-state index contributed by atoms with van der Waals surface area (Å²) in [4.78, 5) is 25.2. The molecule has 1 aromatic carbocycles. The summed E-state index contributed by atoms with van der Waals surface area (Å²) in [6, 6.07) is 8.50. The molecule has 3 N–H and O–H groups in total. The average Bonchev–Trinajstić information content (AvgIpc) is 2.86. The quantitative estimate of drug-likeness (QED) is 0.860. The Hall–Kier alpha value is -1.88. The number of aryl methyl sites for hydroxylation is 1. The van der Waals surface area contributed by atoms with E-state index in [9.17, 15) is 9.59 Å². The molecule has 1 heterocycles. The average molecular weight is 289 g/mol. The first-order valence-corrected chi connectivity index (χ1v) is 7.34. The molecule has 0 aliphatic carbocycles. The second-order valence-corrected chi connectivity index (χ2v) is 5.67. The molecule has 2 amide bonds. The van der Waals surface area contributed by atoms with Gasteiger partial charge in [0.15, 0.2) is 0 Å². The van der Waals surface area contributed by atoms with Crippen LogP contribution < -0.4 is 11.1 Å². The number of nitrogens with one attached hydrogen (secondary N) is 1. The van der Waals surface area contributed by atoms with Crippen LogP contribution in [0.1, 0.15) is 30.4 Å². The molecule has 1 aliphatic rings. The number of carbonyl (C=O) groups is 2. The van der Waals surface area contributed by atoms with E-state index >= 15 is 0 Å². The third-order valence-corrected chi connectivity index (χ3v) is 4.15. The van der Waals surface area contributed by atoms with Gasteiger partial charge in [-0.15, -0.1) is 0 Å². The zero-order valence-electron chi connectivity index (χ0n) is 12.6. The number of carbonyl (C=O) groups excluding carboxylic acids is 2. The number of nitrogens with zero attached hydrogens (tertiary/aromatic N) is 1. The van der Waals surface area contributed by atoms with Gasteiger partial charge in [0.1, 0.15) is 0 Å². The van der Waals surface area contributed by atoms with Gasteiger partial charge in [-0.05, 0) is 31.4 Å². The van der Waals surface area contributed by atoms with E-state index in [1.54, 1.807) is 0 Å². The SMILES string of the molecule is Cc1ccccc1C1CC(C)N(C(=O)CNC(=O)CN)C1. The Kier molecular flexibility index (Phi) is 4.96. The summed E-state index contributed by atoms with van der Waals surface area (Å²) in [5.74, 6) is 0.0291. The number of benzene rings is 1. The zero-order chi connectivity index (χ0) is 15.4. The molecule has 2 rings (SSSR count). The molecular weight excluding hydrogens is 266 g/mol. The highest BCUT2D eigenvalue weighted by Crippen LogP contribution is 2.33. The third-order valence-electron chi connectivity index (χ3n) is 4.15. The number of nitrogens with two attached hydrogens (primary N) is 1. The molecule has 21 heavy (non-hydrogen) atoms. The predicted octanol–water partition coefficient (Wildman–Crippen LogP) is 0.774. The van der Waals surface area contributed by atoms with E-state index < -0.39 is 0 Å². The van der Waals surface area contributed by atoms with Crippen LogP contribution in [-0.4, -0.2) is 42.4 Å². The Morgan fingerprint density at radius 2 is 2.10 bits per heavy atom. The molecule has 2 unspecified atom stereocenters. The Morgan fingerprint density at radius 3 is 2.76 bits per heavy atom. The fourth-order valence-electron chi connectivity index (χ4n) is 3.00. The summed E-state index contributed by atoms with van der Waals surface area (Å²) in [6.45, 7) is 4.81. The molecule has 5 nitrogen and oxygen atoms in total. The molecular formula is C16H23N3O2. The third kappa shape index (κ3) is 3.61. The Balaban J connectivity index is 1.99. The topological polar surface area (TPSA) is 75.4 Å². The van der Waals surface area contributed by atoms with E-state index in [0.717, 1.165) is 6.42 Å². The summed E-state index contributed by atoms with van der Waals surface area (Å²) < 4.78 is 0. The van der Waals surface area contributed by atoms with Crippen LogP contribution in [0.3, 0.4) is 0 Å². The van der Waals surface area contributed by atoms with E-state index in [1.807, 2.05) is 17.0 Å². The van der Waals surface area contributed by atoms with Crippen molar-refractivity contribution < 1.29 is 9.59 Å². The lowest BCUT2D eigenvalue weighted by Gasteiger charge is -2.21. The second-order valence-electron chi connectivity index (χ2n) is 5.67. The predicted molar refractivity (Wildman–Crippen MR) is 81.8 cm³/mol. The van der Waals surface area contributed by atoms with E-state index in [1.165, 1.54) is 11.1 Å². The van der Waals surface area contributed by atoms with Crippen LogP contribution in [0.25, 0.3) is 0 Å². The zero-order valence-corrected chi connectivity index (χ0v) is 12.6. The summed E-state index contributed by atoms with van der Waals surface area (Å²) in [5.41, 5.74) is 7.79. The molecule has 0 bridgehead atoms. The van der Waals surface area contributed by atoms with Crippen molar-refractivity contribution in [1.82, 2.24) is 10.2 Å². The van der Waals surface area contributed by atoms with Gasteiger partial charge in [-0.25, -0.2) is 0 Å². The lowest BCUT2D eigenvalue weighted by molar-refractivity contribution is -0.133. The van der Waals surface area contributed by atoms with Gasteiger partial charge in [0.2, 0.25) is 11.8 Å². The van der Waals surface area contributed by atoms with Crippen molar-refractivity contribution in [2.75, 3.05) is 19.6 Å². The molecule has 0 saturated carbocycles. The monoisotopic (exact) mass is 289 g/mol. The van der Waals surface area contributed by atoms with Crippen LogP contribution in [-0.2, 0) is 9.59 Å². The normalized spacial score (nSPS) is 21.4. The number of likely N-dealkylation sites (tertiary alicyclic amines) is 1. The molecule has 114 valence electrons. The Bertz CT molecular complexity index is 530. The second kappa shape index (κ2) is 6.72. The van der Waals surface area contributed by atoms with Crippen molar-refractivity contribution in [3.8, 4) is 0 Å². The summed E-state index contributed by atoms with van der Waals surface area (Å²) >= 11 is 0. The summed E-state index contributed by atoms with van der Waals surface area (Å²) in [6.07, 6.45) is 0.960. The highest BCUT2D eigenvalue weighted by molar-refractivity contribution is 5.85. The van der Waals surface area contributed by atoms with Crippen LogP contribution in [0.5, 0.6) is 0 Å². The summed E-state index contributed by atoms with van der Waals surface area (Å²) in [5, 5.41) is 2.54. The molecule has 5 heteroatoms. The van der Waals surface area contributed by atoms with Gasteiger partial charge in [-0.3, -0.25) is 9.59 Å². The van der Waals surface area contributed by atoms with Crippen molar-refractivity contribution in [2.45, 2.75) is 32.2 Å². The first kappa shape index (κ1) is 15.5. The van der Waals surface area contributed by atoms with Gasteiger partial charge in [0, 0.05) is 18.5 Å². The number of rotatable bonds is 4. The van der Waals surface area contributed by atoms with E-state index in [2.05, 4.69) is 31.3 Å². The molecule has 2 atom stereocenters. The van der Waals surface area contributed by atoms with Crippen LogP contribution in [0, 0.1) is 6.92 Å². The van der Waals surface area contributed by atoms with Gasteiger partial charge >= 0.3 is 0 Å². The lowest BCUT2D eigenvalue weighted by atomic mass is 9.93. The van der Waals surface area contributed by atoms with Crippen molar-refractivity contribution >= 4 is 11.8 Å². The first-order valence-electron chi connectivity index (χ1n) is 7.34. The van der Waals surface area contributed by atoms with Crippen molar-refractivity contribution in [3.05, 3.63) is 35.4 Å². The maximum absolute atomic E-state index is 12.2. The number of amides is 2. The molecule has 0 spiro atoms. The van der Waals surface area contributed by atoms with Crippen molar-refractivity contribution in [1.29, 1.82) is 0 Å². The van der Waals surface area contributed by atoms with Gasteiger partial charge in [-0.1, -0.05) is 24.3 Å². The Morgan fingerprint density at radius 1 is 1.38 bits per heavy atom. The van der Waals surface area contributed by atoms with Crippen LogP contribution >= 0.6 is 0 Å². The molecule has 1 aliphatic heterocycles. The van der Waals surface area contributed by atoms with E-state index in [-0.39, 0.29) is 30.9 Å². The van der Waals surface area contributed by atoms with E-state index in [0.29, 0.717) is 12.5 Å². The van der Waals surface area contributed by atoms with Gasteiger partial charge in [0.25, 0.3) is 0 Å². The largest absolute Gasteiger partial charge is 0.346 e. The highest BCUT2D eigenvalue weighted by Gasteiger charge is 2.33. The van der Waals surface area contributed by atoms with Crippen LogP contribution in [0.15, 0.2) is 24.3 Å². The molecule has 1 saturated heterocycles.